The van der Waals surface area contributed by atoms with E-state index in [0.717, 1.165) is 23.1 Å². The smallest absolute Gasteiger partial charge is 0.123 e. The molecule has 0 spiro atoms. The Morgan fingerprint density at radius 2 is 1.76 bits per heavy atom. The van der Waals surface area contributed by atoms with Crippen LogP contribution in [-0.2, 0) is 0 Å². The Morgan fingerprint density at radius 3 is 2.24 bits per heavy atom. The fourth-order valence-corrected chi connectivity index (χ4v) is 1.82. The predicted molar refractivity (Wildman–Crippen MR) is 73.7 cm³/mol. The van der Waals surface area contributed by atoms with E-state index in [0.29, 0.717) is 0 Å². The monoisotopic (exact) mass is 295 g/mol. The Hall–Kier alpha value is -0.890. The Morgan fingerprint density at radius 1 is 1.18 bits per heavy atom. The zero-order valence-electron chi connectivity index (χ0n) is 10.5. The standard InChI is InChI=1S/C13H18BrN3/c1-16(2)8-9-17(3)13(10-15)11-4-6-12(14)7-5-11/h4-7,13H,8-9H2,1-3H3. The van der Waals surface area contributed by atoms with Crippen molar-refractivity contribution in [1.82, 2.24) is 9.80 Å². The fourth-order valence-electron chi connectivity index (χ4n) is 1.56. The molecule has 0 aliphatic heterocycles. The molecule has 0 aromatic heterocycles. The summed E-state index contributed by atoms with van der Waals surface area (Å²) in [5, 5.41) is 9.27. The summed E-state index contributed by atoms with van der Waals surface area (Å²) in [5.41, 5.74) is 1.04. The van der Waals surface area contributed by atoms with Crippen LogP contribution in [0.1, 0.15) is 11.6 Å². The Bertz CT molecular complexity index is 381. The summed E-state index contributed by atoms with van der Waals surface area (Å²) >= 11 is 3.40. The minimum Gasteiger partial charge on any atom is -0.308 e. The highest BCUT2D eigenvalue weighted by Crippen LogP contribution is 2.20. The summed E-state index contributed by atoms with van der Waals surface area (Å²) in [4.78, 5) is 4.19. The van der Waals surface area contributed by atoms with Crippen molar-refractivity contribution in [2.45, 2.75) is 6.04 Å². The predicted octanol–water partition coefficient (Wildman–Crippen LogP) is 2.51. The Kier molecular flexibility index (Phi) is 5.63. The molecule has 3 nitrogen and oxygen atoms in total. The van der Waals surface area contributed by atoms with Gasteiger partial charge in [0, 0.05) is 17.6 Å². The van der Waals surface area contributed by atoms with E-state index in [1.54, 1.807) is 0 Å². The van der Waals surface area contributed by atoms with E-state index in [-0.39, 0.29) is 6.04 Å². The lowest BCUT2D eigenvalue weighted by atomic mass is 10.1. The van der Waals surface area contributed by atoms with Crippen LogP contribution in [0, 0.1) is 11.3 Å². The first kappa shape index (κ1) is 14.2. The summed E-state index contributed by atoms with van der Waals surface area (Å²) in [5.74, 6) is 0. The van der Waals surface area contributed by atoms with E-state index in [1.807, 2.05) is 45.4 Å². The molecule has 0 aliphatic carbocycles. The molecule has 1 rings (SSSR count). The van der Waals surface area contributed by atoms with Crippen LogP contribution in [-0.4, -0.2) is 44.0 Å². The quantitative estimate of drug-likeness (QED) is 0.836. The second kappa shape index (κ2) is 6.75. The van der Waals surface area contributed by atoms with Crippen molar-refractivity contribution < 1.29 is 0 Å². The van der Waals surface area contributed by atoms with Crippen molar-refractivity contribution in [2.75, 3.05) is 34.2 Å². The number of hydrogen-bond donors (Lipinski definition) is 0. The lowest BCUT2D eigenvalue weighted by Crippen LogP contribution is -2.31. The minimum atomic E-state index is -0.178. The first-order chi connectivity index (χ1) is 8.04. The van der Waals surface area contributed by atoms with Gasteiger partial charge in [0.15, 0.2) is 0 Å². The van der Waals surface area contributed by atoms with Gasteiger partial charge in [-0.15, -0.1) is 0 Å². The van der Waals surface area contributed by atoms with Crippen molar-refractivity contribution in [1.29, 1.82) is 5.26 Å². The van der Waals surface area contributed by atoms with Gasteiger partial charge in [0.25, 0.3) is 0 Å². The lowest BCUT2D eigenvalue weighted by molar-refractivity contribution is 0.253. The van der Waals surface area contributed by atoms with Crippen LogP contribution in [0.25, 0.3) is 0 Å². The molecule has 1 unspecified atom stereocenters. The molecule has 4 heteroatoms. The maximum absolute atomic E-state index is 9.27. The van der Waals surface area contributed by atoms with Gasteiger partial charge in [0.05, 0.1) is 6.07 Å². The zero-order chi connectivity index (χ0) is 12.8. The fraction of sp³-hybridized carbons (Fsp3) is 0.462. The molecule has 0 saturated carbocycles. The third-order valence-electron chi connectivity index (χ3n) is 2.65. The van der Waals surface area contributed by atoms with Crippen molar-refractivity contribution in [3.05, 3.63) is 34.3 Å². The number of nitrogens with zero attached hydrogens (tertiary/aromatic N) is 3. The number of likely N-dealkylation sites (N-methyl/N-ethyl adjacent to an activating group) is 2. The first-order valence-electron chi connectivity index (χ1n) is 5.54. The molecule has 0 amide bonds. The molecule has 0 bridgehead atoms. The SMILES string of the molecule is CN(C)CCN(C)C(C#N)c1ccc(Br)cc1. The highest BCUT2D eigenvalue weighted by atomic mass is 79.9. The summed E-state index contributed by atoms with van der Waals surface area (Å²) in [6.45, 7) is 1.83. The van der Waals surface area contributed by atoms with E-state index < -0.39 is 0 Å². The van der Waals surface area contributed by atoms with Crippen molar-refractivity contribution in [3.63, 3.8) is 0 Å². The second-order valence-corrected chi connectivity index (χ2v) is 5.28. The lowest BCUT2D eigenvalue weighted by Gasteiger charge is -2.24. The molecule has 0 radical (unpaired) electrons. The maximum atomic E-state index is 9.27. The Balaban J connectivity index is 2.71. The third-order valence-corrected chi connectivity index (χ3v) is 3.18. The van der Waals surface area contributed by atoms with Gasteiger partial charge in [-0.25, -0.2) is 0 Å². The van der Waals surface area contributed by atoms with Crippen LogP contribution < -0.4 is 0 Å². The number of hydrogen-bond acceptors (Lipinski definition) is 3. The highest BCUT2D eigenvalue weighted by molar-refractivity contribution is 9.10. The van der Waals surface area contributed by atoms with Crippen LogP contribution in [0.15, 0.2) is 28.7 Å². The summed E-state index contributed by atoms with van der Waals surface area (Å²) < 4.78 is 1.04. The molecule has 0 aliphatic rings. The molecular weight excluding hydrogens is 278 g/mol. The highest BCUT2D eigenvalue weighted by Gasteiger charge is 2.15. The number of halogens is 1. The minimum absolute atomic E-state index is 0.178. The summed E-state index contributed by atoms with van der Waals surface area (Å²) in [7, 11) is 6.06. The molecule has 1 aromatic carbocycles. The van der Waals surface area contributed by atoms with E-state index in [9.17, 15) is 5.26 Å². The largest absolute Gasteiger partial charge is 0.308 e. The van der Waals surface area contributed by atoms with E-state index in [2.05, 4.69) is 31.8 Å². The van der Waals surface area contributed by atoms with Crippen molar-refractivity contribution >= 4 is 15.9 Å². The van der Waals surface area contributed by atoms with Crippen LogP contribution in [0.2, 0.25) is 0 Å². The zero-order valence-corrected chi connectivity index (χ0v) is 12.1. The van der Waals surface area contributed by atoms with Gasteiger partial charge in [-0.05, 0) is 38.8 Å². The maximum Gasteiger partial charge on any atom is 0.123 e. The topological polar surface area (TPSA) is 30.3 Å². The number of rotatable bonds is 5. The normalized spacial score (nSPS) is 12.8. The van der Waals surface area contributed by atoms with E-state index in [4.69, 9.17) is 0 Å². The van der Waals surface area contributed by atoms with Crippen LogP contribution in [0.3, 0.4) is 0 Å². The molecule has 1 atom stereocenters. The second-order valence-electron chi connectivity index (χ2n) is 4.37. The molecule has 0 N–H and O–H groups in total. The summed E-state index contributed by atoms with van der Waals surface area (Å²) in [6, 6.07) is 10.1. The number of nitriles is 1. The van der Waals surface area contributed by atoms with Gasteiger partial charge in [-0.3, -0.25) is 4.90 Å². The Labute approximate surface area is 112 Å². The molecule has 0 fully saturated rings. The van der Waals surface area contributed by atoms with Crippen molar-refractivity contribution in [3.8, 4) is 6.07 Å². The first-order valence-corrected chi connectivity index (χ1v) is 6.34. The van der Waals surface area contributed by atoms with Crippen LogP contribution >= 0.6 is 15.9 Å². The van der Waals surface area contributed by atoms with Gasteiger partial charge in [-0.2, -0.15) is 5.26 Å². The molecule has 0 heterocycles. The summed E-state index contributed by atoms with van der Waals surface area (Å²) in [6.07, 6.45) is 0. The number of benzene rings is 1. The van der Waals surface area contributed by atoms with Gasteiger partial charge in [0.1, 0.15) is 6.04 Å². The molecule has 1 aromatic rings. The molecule has 17 heavy (non-hydrogen) atoms. The van der Waals surface area contributed by atoms with E-state index in [1.165, 1.54) is 0 Å². The average molecular weight is 296 g/mol. The molecule has 0 saturated heterocycles. The van der Waals surface area contributed by atoms with Gasteiger partial charge in [0.2, 0.25) is 0 Å². The molecular formula is C13H18BrN3. The van der Waals surface area contributed by atoms with Gasteiger partial charge in [-0.1, -0.05) is 28.1 Å². The van der Waals surface area contributed by atoms with Gasteiger partial charge >= 0.3 is 0 Å². The molecule has 92 valence electrons. The van der Waals surface area contributed by atoms with Crippen molar-refractivity contribution in [2.24, 2.45) is 0 Å². The van der Waals surface area contributed by atoms with E-state index >= 15 is 0 Å². The van der Waals surface area contributed by atoms with Gasteiger partial charge < -0.3 is 4.90 Å². The van der Waals surface area contributed by atoms with Crippen LogP contribution in [0.4, 0.5) is 0 Å². The third kappa shape index (κ3) is 4.47. The van der Waals surface area contributed by atoms with Crippen LogP contribution in [0.5, 0.6) is 0 Å². The average Bonchev–Trinajstić information content (AvgIpc) is 2.30.